The van der Waals surface area contributed by atoms with Crippen LogP contribution in [0.2, 0.25) is 0 Å². The quantitative estimate of drug-likeness (QED) is 0.817. The lowest BCUT2D eigenvalue weighted by Crippen LogP contribution is -2.65. The zero-order valence-electron chi connectivity index (χ0n) is 13.0. The summed E-state index contributed by atoms with van der Waals surface area (Å²) in [4.78, 5) is 2.83. The van der Waals surface area contributed by atoms with Gasteiger partial charge >= 0.3 is 0 Å². The van der Waals surface area contributed by atoms with Crippen molar-refractivity contribution in [2.45, 2.75) is 83.2 Å². The third kappa shape index (κ3) is 2.58. The zero-order chi connectivity index (χ0) is 13.3. The largest absolute Gasteiger partial charge is 0.311 e. The van der Waals surface area contributed by atoms with Crippen LogP contribution in [0.5, 0.6) is 0 Å². The first-order valence-electron chi connectivity index (χ1n) is 8.70. The van der Waals surface area contributed by atoms with Crippen molar-refractivity contribution in [1.29, 1.82) is 0 Å². The molecule has 0 aromatic carbocycles. The molecule has 3 fully saturated rings. The molecule has 2 saturated heterocycles. The van der Waals surface area contributed by atoms with Crippen LogP contribution in [-0.4, -0.2) is 36.1 Å². The number of nitrogens with one attached hydrogen (secondary N) is 1. The molecule has 110 valence electrons. The smallest absolute Gasteiger partial charge is 0.0196 e. The lowest BCUT2D eigenvalue weighted by molar-refractivity contribution is -0.0680. The monoisotopic (exact) mass is 264 g/mol. The van der Waals surface area contributed by atoms with E-state index < -0.39 is 0 Å². The molecule has 1 aliphatic carbocycles. The van der Waals surface area contributed by atoms with Gasteiger partial charge in [0.2, 0.25) is 0 Å². The summed E-state index contributed by atoms with van der Waals surface area (Å²) in [5, 5.41) is 3.81. The molecule has 0 amide bonds. The van der Waals surface area contributed by atoms with Gasteiger partial charge in [-0.3, -0.25) is 4.90 Å². The van der Waals surface area contributed by atoms with Crippen LogP contribution in [0.25, 0.3) is 0 Å². The molecule has 1 N–H and O–H groups in total. The van der Waals surface area contributed by atoms with Gasteiger partial charge in [-0.25, -0.2) is 0 Å². The Bertz CT molecular complexity index is 294. The number of piperidine rings is 1. The van der Waals surface area contributed by atoms with Gasteiger partial charge in [0.1, 0.15) is 0 Å². The highest BCUT2D eigenvalue weighted by molar-refractivity contribution is 5.05. The van der Waals surface area contributed by atoms with Gasteiger partial charge in [0.15, 0.2) is 0 Å². The predicted octanol–water partition coefficient (Wildman–Crippen LogP) is 3.56. The maximum atomic E-state index is 3.81. The number of nitrogens with zero attached hydrogens (tertiary/aromatic N) is 1. The average molecular weight is 264 g/mol. The highest BCUT2D eigenvalue weighted by Crippen LogP contribution is 2.45. The molecule has 19 heavy (non-hydrogen) atoms. The Kier molecular flexibility index (Phi) is 3.92. The van der Waals surface area contributed by atoms with Crippen molar-refractivity contribution >= 4 is 0 Å². The molecule has 0 aromatic rings. The van der Waals surface area contributed by atoms with E-state index in [0.29, 0.717) is 11.0 Å². The van der Waals surface area contributed by atoms with Gasteiger partial charge in [0, 0.05) is 24.7 Å². The second-order valence-corrected chi connectivity index (χ2v) is 7.61. The standard InChI is InChI=1S/C17H32N2/c1-3-7-16(8-4-2)13-19(14-16)15-6-11-18-17(12-15)9-5-10-17/h15,18H,3-14H2,1-2H3. The molecular formula is C17H32N2. The summed E-state index contributed by atoms with van der Waals surface area (Å²) in [7, 11) is 0. The predicted molar refractivity (Wildman–Crippen MR) is 81.4 cm³/mol. The Morgan fingerprint density at radius 2 is 1.79 bits per heavy atom. The van der Waals surface area contributed by atoms with Gasteiger partial charge in [0.05, 0.1) is 0 Å². The molecule has 0 bridgehead atoms. The molecule has 2 aliphatic heterocycles. The SMILES string of the molecule is CCCC1(CCC)CN(C2CCNC3(CCC3)C2)C1. The molecule has 0 radical (unpaired) electrons. The van der Waals surface area contributed by atoms with Crippen molar-refractivity contribution in [3.63, 3.8) is 0 Å². The van der Waals surface area contributed by atoms with E-state index in [-0.39, 0.29) is 0 Å². The van der Waals surface area contributed by atoms with Crippen LogP contribution in [0.3, 0.4) is 0 Å². The zero-order valence-corrected chi connectivity index (χ0v) is 13.0. The number of rotatable bonds is 5. The molecular weight excluding hydrogens is 232 g/mol. The van der Waals surface area contributed by atoms with E-state index in [1.807, 2.05) is 0 Å². The molecule has 3 aliphatic rings. The number of hydrogen-bond acceptors (Lipinski definition) is 2. The van der Waals surface area contributed by atoms with Gasteiger partial charge in [-0.15, -0.1) is 0 Å². The third-order valence-electron chi connectivity index (χ3n) is 6.07. The van der Waals surface area contributed by atoms with Crippen LogP contribution in [0.15, 0.2) is 0 Å². The minimum atomic E-state index is 0.566. The van der Waals surface area contributed by atoms with E-state index in [1.165, 1.54) is 77.4 Å². The second-order valence-electron chi connectivity index (χ2n) is 7.61. The van der Waals surface area contributed by atoms with Crippen molar-refractivity contribution in [2.75, 3.05) is 19.6 Å². The first-order valence-corrected chi connectivity index (χ1v) is 8.70. The second kappa shape index (κ2) is 5.37. The molecule has 1 spiro atoms. The van der Waals surface area contributed by atoms with Crippen molar-refractivity contribution < 1.29 is 0 Å². The van der Waals surface area contributed by atoms with Crippen LogP contribution in [0.1, 0.15) is 71.6 Å². The van der Waals surface area contributed by atoms with Gasteiger partial charge in [-0.2, -0.15) is 0 Å². The first kappa shape index (κ1) is 13.9. The Labute approximate surface area is 119 Å². The fourth-order valence-corrected chi connectivity index (χ4v) is 5.00. The summed E-state index contributed by atoms with van der Waals surface area (Å²) in [5.74, 6) is 0. The van der Waals surface area contributed by atoms with E-state index in [9.17, 15) is 0 Å². The van der Waals surface area contributed by atoms with Gasteiger partial charge in [-0.05, 0) is 56.9 Å². The van der Waals surface area contributed by atoms with Crippen molar-refractivity contribution in [2.24, 2.45) is 5.41 Å². The fraction of sp³-hybridized carbons (Fsp3) is 1.00. The molecule has 1 unspecified atom stereocenters. The van der Waals surface area contributed by atoms with E-state index in [2.05, 4.69) is 24.1 Å². The summed E-state index contributed by atoms with van der Waals surface area (Å²) in [6.07, 6.45) is 12.8. The molecule has 2 heteroatoms. The Morgan fingerprint density at radius 3 is 2.32 bits per heavy atom. The minimum Gasteiger partial charge on any atom is -0.311 e. The minimum absolute atomic E-state index is 0.566. The van der Waals surface area contributed by atoms with Crippen molar-refractivity contribution in [1.82, 2.24) is 10.2 Å². The highest BCUT2D eigenvalue weighted by atomic mass is 15.2. The topological polar surface area (TPSA) is 15.3 Å². The summed E-state index contributed by atoms with van der Waals surface area (Å²) in [5.41, 5.74) is 1.26. The maximum absolute atomic E-state index is 3.81. The molecule has 1 atom stereocenters. The lowest BCUT2D eigenvalue weighted by Gasteiger charge is -2.58. The third-order valence-corrected chi connectivity index (χ3v) is 6.07. The summed E-state index contributed by atoms with van der Waals surface area (Å²) >= 11 is 0. The van der Waals surface area contributed by atoms with Crippen LogP contribution < -0.4 is 5.32 Å². The first-order chi connectivity index (χ1) is 9.21. The Morgan fingerprint density at radius 1 is 1.11 bits per heavy atom. The van der Waals surface area contributed by atoms with E-state index in [0.717, 1.165) is 6.04 Å². The Hall–Kier alpha value is -0.0800. The van der Waals surface area contributed by atoms with Gasteiger partial charge < -0.3 is 5.32 Å². The normalized spacial score (nSPS) is 32.8. The van der Waals surface area contributed by atoms with Crippen LogP contribution in [0, 0.1) is 5.41 Å². The maximum Gasteiger partial charge on any atom is 0.0196 e. The summed E-state index contributed by atoms with van der Waals surface area (Å²) in [6.45, 7) is 8.77. The van der Waals surface area contributed by atoms with Crippen LogP contribution >= 0.6 is 0 Å². The molecule has 1 saturated carbocycles. The van der Waals surface area contributed by atoms with Crippen LogP contribution in [0.4, 0.5) is 0 Å². The highest BCUT2D eigenvalue weighted by Gasteiger charge is 2.48. The Balaban J connectivity index is 1.54. The number of hydrogen-bond donors (Lipinski definition) is 1. The van der Waals surface area contributed by atoms with Crippen LogP contribution in [-0.2, 0) is 0 Å². The summed E-state index contributed by atoms with van der Waals surface area (Å²) < 4.78 is 0. The number of likely N-dealkylation sites (tertiary alicyclic amines) is 1. The molecule has 2 nitrogen and oxygen atoms in total. The molecule has 2 heterocycles. The summed E-state index contributed by atoms with van der Waals surface area (Å²) in [6, 6.07) is 0.892. The van der Waals surface area contributed by atoms with Crippen molar-refractivity contribution in [3.8, 4) is 0 Å². The van der Waals surface area contributed by atoms with Crippen molar-refractivity contribution in [3.05, 3.63) is 0 Å². The van der Waals surface area contributed by atoms with E-state index >= 15 is 0 Å². The van der Waals surface area contributed by atoms with E-state index in [4.69, 9.17) is 0 Å². The fourth-order valence-electron chi connectivity index (χ4n) is 5.00. The van der Waals surface area contributed by atoms with Gasteiger partial charge in [-0.1, -0.05) is 26.7 Å². The molecule has 0 aromatic heterocycles. The van der Waals surface area contributed by atoms with Gasteiger partial charge in [0.25, 0.3) is 0 Å². The molecule has 3 rings (SSSR count). The van der Waals surface area contributed by atoms with E-state index in [1.54, 1.807) is 0 Å². The lowest BCUT2D eigenvalue weighted by atomic mass is 9.67. The average Bonchev–Trinajstić information content (AvgIpc) is 2.34.